The summed E-state index contributed by atoms with van der Waals surface area (Å²) in [5.74, 6) is -0.357. The normalized spacial score (nSPS) is 19.0. The fraction of sp³-hybridized carbons (Fsp3) is 0.565. The second-order valence-corrected chi connectivity index (χ2v) is 8.02. The third kappa shape index (κ3) is 4.16. The van der Waals surface area contributed by atoms with Gasteiger partial charge in [-0.1, -0.05) is 19.9 Å². The number of hydrogen-bond acceptors (Lipinski definition) is 2. The lowest BCUT2D eigenvalue weighted by Crippen LogP contribution is -2.37. The largest absolute Gasteiger partial charge is 0.348 e. The Morgan fingerprint density at radius 2 is 1.90 bits per heavy atom. The zero-order chi connectivity index (χ0) is 21.3. The minimum Gasteiger partial charge on any atom is -0.348 e. The van der Waals surface area contributed by atoms with Gasteiger partial charge in [0.2, 0.25) is 5.91 Å². The Bertz CT molecular complexity index is 916. The number of piperidine rings is 1. The molecule has 29 heavy (non-hydrogen) atoms. The number of nitrogens with one attached hydrogen (secondary N) is 1. The molecule has 5 nitrogen and oxygen atoms in total. The van der Waals surface area contributed by atoms with Crippen molar-refractivity contribution in [1.82, 2.24) is 14.8 Å². The fourth-order valence-electron chi connectivity index (χ4n) is 4.20. The van der Waals surface area contributed by atoms with E-state index in [2.05, 4.69) is 4.98 Å². The van der Waals surface area contributed by atoms with Crippen molar-refractivity contribution in [1.29, 1.82) is 0 Å². The first-order valence-electron chi connectivity index (χ1n) is 10.7. The number of nitrogens with zero attached hydrogens (tertiary/aromatic N) is 2. The highest BCUT2D eigenvalue weighted by Crippen LogP contribution is 2.35. The quantitative estimate of drug-likeness (QED) is 0.817. The van der Waals surface area contributed by atoms with E-state index in [0.29, 0.717) is 29.4 Å². The molecule has 2 aliphatic rings. The third-order valence-electron chi connectivity index (χ3n) is 6.04. The van der Waals surface area contributed by atoms with E-state index in [9.17, 15) is 9.59 Å². The smallest absolute Gasteiger partial charge is 0.270 e. The van der Waals surface area contributed by atoms with Crippen LogP contribution in [0, 0.1) is 12.7 Å². The molecular weight excluding hydrogens is 369 g/mol. The van der Waals surface area contributed by atoms with Gasteiger partial charge < -0.3 is 14.8 Å². The van der Waals surface area contributed by atoms with Crippen LogP contribution in [-0.2, 0) is 4.79 Å². The number of halogens is 1. The zero-order valence-corrected chi connectivity index (χ0v) is 18.1. The molecule has 1 aliphatic heterocycles. The van der Waals surface area contributed by atoms with E-state index in [1.54, 1.807) is 29.8 Å². The fourth-order valence-corrected chi connectivity index (χ4v) is 4.20. The van der Waals surface area contributed by atoms with E-state index in [1.165, 1.54) is 0 Å². The van der Waals surface area contributed by atoms with Crippen molar-refractivity contribution in [3.05, 3.63) is 34.8 Å². The van der Waals surface area contributed by atoms with Gasteiger partial charge in [-0.2, -0.15) is 0 Å². The number of aromatic amines is 1. The number of carbonyl (C=O) groups excluding carboxylic acids is 2. The van der Waals surface area contributed by atoms with Crippen molar-refractivity contribution in [2.45, 2.75) is 65.3 Å². The highest BCUT2D eigenvalue weighted by atomic mass is 19.1. The minimum absolute atomic E-state index is 0.0117. The Hall–Kier alpha value is -2.37. The van der Waals surface area contributed by atoms with Crippen LogP contribution in [0.3, 0.4) is 0 Å². The van der Waals surface area contributed by atoms with Gasteiger partial charge >= 0.3 is 0 Å². The highest BCUT2D eigenvalue weighted by Gasteiger charge is 2.31. The highest BCUT2D eigenvalue weighted by molar-refractivity contribution is 5.99. The molecule has 4 rings (SSSR count). The Labute approximate surface area is 172 Å². The Balaban J connectivity index is 0.00000117. The molecule has 2 amide bonds. The summed E-state index contributed by atoms with van der Waals surface area (Å²) >= 11 is 0. The van der Waals surface area contributed by atoms with Crippen molar-refractivity contribution in [2.24, 2.45) is 0 Å². The van der Waals surface area contributed by atoms with Crippen molar-refractivity contribution < 1.29 is 14.0 Å². The second kappa shape index (κ2) is 8.56. The summed E-state index contributed by atoms with van der Waals surface area (Å²) in [6.07, 6.45) is 3.81. The predicted octanol–water partition coefficient (Wildman–Crippen LogP) is 4.60. The molecule has 1 saturated carbocycles. The zero-order valence-electron chi connectivity index (χ0n) is 18.1. The van der Waals surface area contributed by atoms with Gasteiger partial charge in [-0.05, 0) is 49.8 Å². The molecule has 1 N–H and O–H groups in total. The lowest BCUT2D eigenvalue weighted by atomic mass is 9.88. The van der Waals surface area contributed by atoms with Crippen LogP contribution in [0.5, 0.6) is 0 Å². The summed E-state index contributed by atoms with van der Waals surface area (Å²) < 4.78 is 15.4. The van der Waals surface area contributed by atoms with Crippen molar-refractivity contribution >= 4 is 22.7 Å². The van der Waals surface area contributed by atoms with E-state index in [4.69, 9.17) is 0 Å². The van der Waals surface area contributed by atoms with Gasteiger partial charge in [-0.25, -0.2) is 4.39 Å². The lowest BCUT2D eigenvalue weighted by molar-refractivity contribution is -0.130. The van der Waals surface area contributed by atoms with Crippen LogP contribution >= 0.6 is 0 Å². The van der Waals surface area contributed by atoms with E-state index >= 15 is 4.39 Å². The van der Waals surface area contributed by atoms with Gasteiger partial charge in [0.25, 0.3) is 5.91 Å². The Morgan fingerprint density at radius 1 is 1.21 bits per heavy atom. The number of H-pyrrole nitrogens is 1. The average Bonchev–Trinajstić information content (AvgIpc) is 3.48. The molecule has 1 saturated heterocycles. The van der Waals surface area contributed by atoms with Gasteiger partial charge in [0.05, 0.1) is 5.52 Å². The van der Waals surface area contributed by atoms with E-state index in [1.807, 2.05) is 26.8 Å². The monoisotopic (exact) mass is 401 g/mol. The van der Waals surface area contributed by atoms with Crippen LogP contribution in [-0.4, -0.2) is 52.8 Å². The number of amides is 2. The summed E-state index contributed by atoms with van der Waals surface area (Å²) in [5, 5.41) is 0.753. The first kappa shape index (κ1) is 21.3. The molecule has 0 spiro atoms. The molecule has 1 aliphatic carbocycles. The molecule has 158 valence electrons. The molecule has 2 aromatic rings. The topological polar surface area (TPSA) is 56.4 Å². The van der Waals surface area contributed by atoms with Crippen LogP contribution in [0.4, 0.5) is 4.39 Å². The number of fused-ring (bicyclic) bond motifs is 1. The molecule has 1 aromatic heterocycles. The number of aryl methyl sites for hydroxylation is 1. The number of aromatic nitrogens is 1. The molecule has 6 heteroatoms. The second-order valence-electron chi connectivity index (χ2n) is 8.02. The number of rotatable bonds is 3. The molecule has 1 atom stereocenters. The minimum atomic E-state index is -0.292. The number of hydrogen-bond donors (Lipinski definition) is 1. The first-order chi connectivity index (χ1) is 13.9. The van der Waals surface area contributed by atoms with Crippen molar-refractivity contribution in [2.75, 3.05) is 20.1 Å². The SMILES string of the molecule is CC.CC(=O)N1CCCC(c2cc(C)c3cc(C(=O)N(C)C4CC4)[nH]c3c2F)C1. The van der Waals surface area contributed by atoms with Crippen molar-refractivity contribution in [3.63, 3.8) is 0 Å². The maximum absolute atomic E-state index is 15.4. The van der Waals surface area contributed by atoms with Crippen molar-refractivity contribution in [3.8, 4) is 0 Å². The first-order valence-corrected chi connectivity index (χ1v) is 10.7. The summed E-state index contributed by atoms with van der Waals surface area (Å²) in [6, 6.07) is 3.96. The van der Waals surface area contributed by atoms with Gasteiger partial charge in [-0.3, -0.25) is 9.59 Å². The van der Waals surface area contributed by atoms with Gasteiger partial charge in [0.15, 0.2) is 5.82 Å². The number of benzene rings is 1. The lowest BCUT2D eigenvalue weighted by Gasteiger charge is -2.32. The molecular formula is C23H32FN3O2. The van der Waals surface area contributed by atoms with Gasteiger partial charge in [-0.15, -0.1) is 0 Å². The summed E-state index contributed by atoms with van der Waals surface area (Å²) in [5.41, 5.74) is 2.43. The molecule has 1 aromatic carbocycles. The van der Waals surface area contributed by atoms with Gasteiger partial charge in [0.1, 0.15) is 5.69 Å². The van der Waals surface area contributed by atoms with Crippen LogP contribution in [0.25, 0.3) is 10.9 Å². The Kier molecular flexibility index (Phi) is 6.30. The number of carbonyl (C=O) groups is 2. The summed E-state index contributed by atoms with van der Waals surface area (Å²) in [6.45, 7) is 8.80. The van der Waals surface area contributed by atoms with Gasteiger partial charge in [0, 0.05) is 44.4 Å². The van der Waals surface area contributed by atoms with E-state index in [0.717, 1.165) is 43.2 Å². The summed E-state index contributed by atoms with van der Waals surface area (Å²) in [7, 11) is 1.80. The predicted molar refractivity (Wildman–Crippen MR) is 114 cm³/mol. The number of likely N-dealkylation sites (tertiary alicyclic amines) is 1. The maximum atomic E-state index is 15.4. The summed E-state index contributed by atoms with van der Waals surface area (Å²) in [4.78, 5) is 30.9. The average molecular weight is 402 g/mol. The molecule has 1 unspecified atom stereocenters. The van der Waals surface area contributed by atoms with Crippen LogP contribution in [0.15, 0.2) is 12.1 Å². The van der Waals surface area contributed by atoms with Crippen LogP contribution in [0.2, 0.25) is 0 Å². The van der Waals surface area contributed by atoms with E-state index in [-0.39, 0.29) is 23.5 Å². The molecule has 0 radical (unpaired) electrons. The van der Waals surface area contributed by atoms with E-state index < -0.39 is 0 Å². The third-order valence-corrected chi connectivity index (χ3v) is 6.04. The Morgan fingerprint density at radius 3 is 2.52 bits per heavy atom. The van der Waals surface area contributed by atoms with Crippen LogP contribution in [0.1, 0.15) is 74.0 Å². The van der Waals surface area contributed by atoms with Crippen LogP contribution < -0.4 is 0 Å². The molecule has 2 heterocycles. The maximum Gasteiger partial charge on any atom is 0.270 e. The standard InChI is InChI=1S/C21H26FN3O2.C2H6/c1-12-9-17(14-5-4-8-25(11-14)13(2)26)19(22)20-16(12)10-18(23-20)21(27)24(3)15-6-7-15;1-2/h9-10,14-15,23H,4-8,11H2,1-3H3;1-2H3. The molecule has 2 fully saturated rings. The molecule has 0 bridgehead atoms.